The molecule has 0 radical (unpaired) electrons. The van der Waals surface area contributed by atoms with E-state index in [1.807, 2.05) is 30.3 Å². The van der Waals surface area contributed by atoms with Gasteiger partial charge in [0.15, 0.2) is 0 Å². The Morgan fingerprint density at radius 3 is 2.68 bits per heavy atom. The molecule has 0 atom stereocenters. The van der Waals surface area contributed by atoms with Gasteiger partial charge in [0.2, 0.25) is 0 Å². The third-order valence-electron chi connectivity index (χ3n) is 3.78. The van der Waals surface area contributed by atoms with Crippen molar-refractivity contribution in [1.29, 1.82) is 0 Å². The maximum Gasteiger partial charge on any atom is 0.119 e. The van der Waals surface area contributed by atoms with Crippen molar-refractivity contribution in [2.75, 3.05) is 39.8 Å². The number of hydrogen-bond acceptors (Lipinski definition) is 3. The van der Waals surface area contributed by atoms with Crippen LogP contribution >= 0.6 is 0 Å². The molecule has 1 heterocycles. The monoisotopic (exact) mass is 262 g/mol. The average Bonchev–Trinajstić information content (AvgIpc) is 2.46. The minimum Gasteiger partial charge on any atom is -0.494 e. The molecule has 1 aliphatic rings. The highest BCUT2D eigenvalue weighted by Gasteiger charge is 2.15. The zero-order valence-corrected chi connectivity index (χ0v) is 12.0. The van der Waals surface area contributed by atoms with Crippen LogP contribution in [0.3, 0.4) is 0 Å². The first kappa shape index (κ1) is 14.4. The fourth-order valence-corrected chi connectivity index (χ4v) is 2.48. The van der Waals surface area contributed by atoms with Crippen molar-refractivity contribution >= 4 is 0 Å². The second-order valence-corrected chi connectivity index (χ2v) is 5.47. The number of para-hydroxylation sites is 1. The number of hydrogen-bond donors (Lipinski definition) is 1. The Labute approximate surface area is 116 Å². The van der Waals surface area contributed by atoms with Crippen LogP contribution in [0.25, 0.3) is 0 Å². The number of ether oxygens (including phenoxy) is 1. The molecule has 0 saturated carbocycles. The minimum atomic E-state index is 0.796. The van der Waals surface area contributed by atoms with Crippen molar-refractivity contribution < 1.29 is 4.74 Å². The highest BCUT2D eigenvalue weighted by molar-refractivity contribution is 5.20. The summed E-state index contributed by atoms with van der Waals surface area (Å²) in [5, 5.41) is 3.56. The molecule has 1 aromatic carbocycles. The number of nitrogens with zero attached hydrogens (tertiary/aromatic N) is 1. The van der Waals surface area contributed by atoms with Gasteiger partial charge in [-0.15, -0.1) is 0 Å². The molecular formula is C16H26N2O. The first-order chi connectivity index (χ1) is 9.34. The van der Waals surface area contributed by atoms with E-state index in [-0.39, 0.29) is 0 Å². The van der Waals surface area contributed by atoms with Crippen LogP contribution in [0.5, 0.6) is 5.75 Å². The highest BCUT2D eigenvalue weighted by Crippen LogP contribution is 2.14. The van der Waals surface area contributed by atoms with E-state index < -0.39 is 0 Å². The number of nitrogens with one attached hydrogen (secondary N) is 1. The van der Waals surface area contributed by atoms with Crippen LogP contribution in [0, 0.1) is 5.92 Å². The SMILES string of the molecule is CN1CCC(CNCCCOc2ccccc2)CC1. The van der Waals surface area contributed by atoms with Gasteiger partial charge in [0.05, 0.1) is 6.61 Å². The first-order valence-corrected chi connectivity index (χ1v) is 7.42. The van der Waals surface area contributed by atoms with Gasteiger partial charge in [-0.2, -0.15) is 0 Å². The molecular weight excluding hydrogens is 236 g/mol. The molecule has 1 aromatic rings. The van der Waals surface area contributed by atoms with Crippen LogP contribution in [0.15, 0.2) is 30.3 Å². The summed E-state index contributed by atoms with van der Waals surface area (Å²) in [5.74, 6) is 1.84. The van der Waals surface area contributed by atoms with Crippen molar-refractivity contribution in [2.24, 2.45) is 5.92 Å². The van der Waals surface area contributed by atoms with Gasteiger partial charge in [-0.1, -0.05) is 18.2 Å². The van der Waals surface area contributed by atoms with Gasteiger partial charge in [0, 0.05) is 0 Å². The number of benzene rings is 1. The molecule has 0 bridgehead atoms. The second-order valence-electron chi connectivity index (χ2n) is 5.47. The van der Waals surface area contributed by atoms with Crippen molar-refractivity contribution in [3.63, 3.8) is 0 Å². The summed E-state index contributed by atoms with van der Waals surface area (Å²) >= 11 is 0. The fourth-order valence-electron chi connectivity index (χ4n) is 2.48. The summed E-state index contributed by atoms with van der Waals surface area (Å²) in [6.45, 7) is 5.52. The summed E-state index contributed by atoms with van der Waals surface area (Å²) in [6.07, 6.45) is 3.75. The van der Waals surface area contributed by atoms with Crippen molar-refractivity contribution in [3.8, 4) is 5.75 Å². The topological polar surface area (TPSA) is 24.5 Å². The summed E-state index contributed by atoms with van der Waals surface area (Å²) in [4.78, 5) is 2.42. The Balaban J connectivity index is 1.46. The lowest BCUT2D eigenvalue weighted by Crippen LogP contribution is -2.35. The highest BCUT2D eigenvalue weighted by atomic mass is 16.5. The van der Waals surface area contributed by atoms with Gasteiger partial charge < -0.3 is 15.0 Å². The van der Waals surface area contributed by atoms with E-state index in [0.717, 1.165) is 31.2 Å². The van der Waals surface area contributed by atoms with Crippen molar-refractivity contribution in [1.82, 2.24) is 10.2 Å². The van der Waals surface area contributed by atoms with E-state index in [4.69, 9.17) is 4.74 Å². The molecule has 19 heavy (non-hydrogen) atoms. The summed E-state index contributed by atoms with van der Waals surface area (Å²) in [5.41, 5.74) is 0. The van der Waals surface area contributed by atoms with Gasteiger partial charge in [0.25, 0.3) is 0 Å². The number of rotatable bonds is 7. The molecule has 1 fully saturated rings. The van der Waals surface area contributed by atoms with Crippen LogP contribution in [-0.4, -0.2) is 44.7 Å². The molecule has 3 nitrogen and oxygen atoms in total. The Morgan fingerprint density at radius 1 is 1.21 bits per heavy atom. The molecule has 2 rings (SSSR count). The zero-order valence-electron chi connectivity index (χ0n) is 12.0. The van der Waals surface area contributed by atoms with Crippen molar-refractivity contribution in [2.45, 2.75) is 19.3 Å². The molecule has 3 heteroatoms. The Hall–Kier alpha value is -1.06. The van der Waals surface area contributed by atoms with E-state index >= 15 is 0 Å². The molecule has 0 amide bonds. The largest absolute Gasteiger partial charge is 0.494 e. The normalized spacial score (nSPS) is 17.5. The molecule has 1 aliphatic heterocycles. The smallest absolute Gasteiger partial charge is 0.119 e. The van der Waals surface area contributed by atoms with E-state index in [9.17, 15) is 0 Å². The average molecular weight is 262 g/mol. The third kappa shape index (κ3) is 5.62. The quantitative estimate of drug-likeness (QED) is 0.764. The predicted molar refractivity (Wildman–Crippen MR) is 79.6 cm³/mol. The standard InChI is InChI=1S/C16H26N2O/c1-18-11-8-15(9-12-18)14-17-10-5-13-19-16-6-3-2-4-7-16/h2-4,6-7,15,17H,5,8-14H2,1H3. The molecule has 1 N–H and O–H groups in total. The molecule has 0 spiro atoms. The molecule has 0 aromatic heterocycles. The van der Waals surface area contributed by atoms with E-state index in [0.29, 0.717) is 0 Å². The lowest BCUT2D eigenvalue weighted by molar-refractivity contribution is 0.215. The number of piperidine rings is 1. The van der Waals surface area contributed by atoms with E-state index in [1.54, 1.807) is 0 Å². The lowest BCUT2D eigenvalue weighted by Gasteiger charge is -2.29. The number of likely N-dealkylation sites (tertiary alicyclic amines) is 1. The van der Waals surface area contributed by atoms with Gasteiger partial charge >= 0.3 is 0 Å². The molecule has 0 aliphatic carbocycles. The lowest BCUT2D eigenvalue weighted by atomic mass is 9.97. The van der Waals surface area contributed by atoms with Crippen LogP contribution in [0.4, 0.5) is 0 Å². The van der Waals surface area contributed by atoms with Crippen molar-refractivity contribution in [3.05, 3.63) is 30.3 Å². The predicted octanol–water partition coefficient (Wildman–Crippen LogP) is 2.39. The summed E-state index contributed by atoms with van der Waals surface area (Å²) < 4.78 is 5.67. The maximum atomic E-state index is 5.67. The minimum absolute atomic E-state index is 0.796. The molecule has 106 valence electrons. The Kier molecular flexibility index (Phi) is 6.18. The first-order valence-electron chi connectivity index (χ1n) is 7.42. The van der Waals surface area contributed by atoms with Crippen LogP contribution in [0.2, 0.25) is 0 Å². The van der Waals surface area contributed by atoms with Crippen LogP contribution < -0.4 is 10.1 Å². The molecule has 0 unspecified atom stereocenters. The summed E-state index contributed by atoms with van der Waals surface area (Å²) in [6, 6.07) is 10.0. The Morgan fingerprint density at radius 2 is 1.95 bits per heavy atom. The van der Waals surface area contributed by atoms with Gasteiger partial charge in [0.1, 0.15) is 5.75 Å². The summed E-state index contributed by atoms with van der Waals surface area (Å²) in [7, 11) is 2.21. The maximum absolute atomic E-state index is 5.67. The third-order valence-corrected chi connectivity index (χ3v) is 3.78. The Bertz CT molecular complexity index is 334. The van der Waals surface area contributed by atoms with E-state index in [1.165, 1.54) is 32.5 Å². The van der Waals surface area contributed by atoms with Crippen LogP contribution in [-0.2, 0) is 0 Å². The van der Waals surface area contributed by atoms with E-state index in [2.05, 4.69) is 17.3 Å². The van der Waals surface area contributed by atoms with Gasteiger partial charge in [-0.3, -0.25) is 0 Å². The zero-order chi connectivity index (χ0) is 13.3. The molecule has 1 saturated heterocycles. The second kappa shape index (κ2) is 8.18. The van der Waals surface area contributed by atoms with Crippen LogP contribution in [0.1, 0.15) is 19.3 Å². The van der Waals surface area contributed by atoms with Gasteiger partial charge in [-0.05, 0) is 70.5 Å². The van der Waals surface area contributed by atoms with Gasteiger partial charge in [-0.25, -0.2) is 0 Å². The fraction of sp³-hybridized carbons (Fsp3) is 0.625.